The monoisotopic (exact) mass is 295 g/mol. The van der Waals surface area contributed by atoms with Crippen LogP contribution in [0.2, 0.25) is 0 Å². The lowest BCUT2D eigenvalue weighted by Crippen LogP contribution is -2.08. The number of anilines is 1. The summed E-state index contributed by atoms with van der Waals surface area (Å²) in [5.74, 6) is -0.444. The van der Waals surface area contributed by atoms with E-state index in [4.69, 9.17) is 0 Å². The number of rotatable bonds is 7. The third-order valence-corrected chi connectivity index (χ3v) is 2.86. The minimum Gasteiger partial charge on any atom is -0.324 e. The van der Waals surface area contributed by atoms with Gasteiger partial charge in [-0.15, -0.1) is 0 Å². The molecule has 0 unspecified atom stereocenters. The second-order valence-electron chi connectivity index (χ2n) is 4.72. The van der Waals surface area contributed by atoms with Gasteiger partial charge in [0.1, 0.15) is 11.6 Å². The van der Waals surface area contributed by atoms with Crippen LogP contribution in [0.3, 0.4) is 0 Å². The van der Waals surface area contributed by atoms with E-state index in [0.717, 1.165) is 19.3 Å². The Morgan fingerprint density at radius 2 is 1.76 bits per heavy atom. The largest absolute Gasteiger partial charge is 0.324 e. The van der Waals surface area contributed by atoms with Gasteiger partial charge in [-0.1, -0.05) is 32.4 Å². The number of Topliss-reactive ketones (excluding diaryl/α,β-unsaturated/α-hetero) is 1. The number of aryl methyl sites for hydroxylation is 1. The number of halogens is 1. The molecule has 118 valence electrons. The van der Waals surface area contributed by atoms with Crippen molar-refractivity contribution in [1.29, 1.82) is 0 Å². The highest BCUT2D eigenvalue weighted by molar-refractivity contribution is 5.88. The minimum absolute atomic E-state index is 0.193. The van der Waals surface area contributed by atoms with Gasteiger partial charge in [-0.3, -0.25) is 4.79 Å². The summed E-state index contributed by atoms with van der Waals surface area (Å²) in [6.45, 7) is 6.93. The molecule has 0 bridgehead atoms. The summed E-state index contributed by atoms with van der Waals surface area (Å²) in [6.07, 6.45) is 3.81. The van der Waals surface area contributed by atoms with Gasteiger partial charge in [0.25, 0.3) is 0 Å². The zero-order valence-corrected chi connectivity index (χ0v) is 13.5. The second kappa shape index (κ2) is 11.0. The summed E-state index contributed by atoms with van der Waals surface area (Å²) in [5.41, 5.74) is 0.836. The Hall–Kier alpha value is -1.71. The standard InChI is InChI=1S/C15H20FNO2.C2H6/c1-11(18)7-4-3-5-8-13-9-6-10-14(15(13)16)17-12(2)19;1-2/h6,9-10H,3-5,7-8H2,1-2H3,(H,17,19);1-2H3. The van der Waals surface area contributed by atoms with Crippen molar-refractivity contribution >= 4 is 17.4 Å². The number of hydrogen-bond acceptors (Lipinski definition) is 2. The van der Waals surface area contributed by atoms with E-state index < -0.39 is 0 Å². The average molecular weight is 295 g/mol. The van der Waals surface area contributed by atoms with Crippen LogP contribution in [0, 0.1) is 5.82 Å². The maximum atomic E-state index is 14.0. The summed E-state index contributed by atoms with van der Waals surface area (Å²) in [6, 6.07) is 5.01. The Balaban J connectivity index is 0.00000191. The molecule has 0 aliphatic rings. The van der Waals surface area contributed by atoms with E-state index in [1.54, 1.807) is 25.1 Å². The number of benzene rings is 1. The van der Waals surface area contributed by atoms with Gasteiger partial charge in [-0.05, 0) is 37.8 Å². The molecule has 0 saturated carbocycles. The number of carbonyl (C=O) groups is 2. The zero-order chi connectivity index (χ0) is 16.3. The molecule has 1 amide bonds. The molecule has 0 spiro atoms. The Labute approximate surface area is 126 Å². The molecule has 21 heavy (non-hydrogen) atoms. The SMILES string of the molecule is CC.CC(=O)CCCCCc1cccc(NC(C)=O)c1F. The molecule has 1 aromatic carbocycles. The average Bonchev–Trinajstić information content (AvgIpc) is 2.43. The Kier molecular flexibility index (Phi) is 10.1. The predicted octanol–water partition coefficient (Wildman–Crippen LogP) is 4.50. The summed E-state index contributed by atoms with van der Waals surface area (Å²) in [7, 11) is 0. The van der Waals surface area contributed by atoms with Crippen LogP contribution in [0.15, 0.2) is 18.2 Å². The Morgan fingerprint density at radius 1 is 1.10 bits per heavy atom. The van der Waals surface area contributed by atoms with Gasteiger partial charge in [0.15, 0.2) is 0 Å². The van der Waals surface area contributed by atoms with Gasteiger partial charge in [0.2, 0.25) is 5.91 Å². The van der Waals surface area contributed by atoms with Gasteiger partial charge in [-0.25, -0.2) is 4.39 Å². The summed E-state index contributed by atoms with van der Waals surface area (Å²) in [5, 5.41) is 2.47. The van der Waals surface area contributed by atoms with Gasteiger partial charge in [-0.2, -0.15) is 0 Å². The van der Waals surface area contributed by atoms with E-state index >= 15 is 0 Å². The van der Waals surface area contributed by atoms with Gasteiger partial charge in [0, 0.05) is 13.3 Å². The van der Waals surface area contributed by atoms with E-state index in [1.165, 1.54) is 6.92 Å². The highest BCUT2D eigenvalue weighted by Gasteiger charge is 2.08. The van der Waals surface area contributed by atoms with Crippen LogP contribution < -0.4 is 5.32 Å². The lowest BCUT2D eigenvalue weighted by atomic mass is 10.0. The number of nitrogens with one attached hydrogen (secondary N) is 1. The van der Waals surface area contributed by atoms with Crippen LogP contribution in [-0.2, 0) is 16.0 Å². The van der Waals surface area contributed by atoms with Crippen LogP contribution in [-0.4, -0.2) is 11.7 Å². The molecule has 0 aliphatic carbocycles. The van der Waals surface area contributed by atoms with Crippen LogP contribution in [0.5, 0.6) is 0 Å². The summed E-state index contributed by atoms with van der Waals surface area (Å²) < 4.78 is 14.0. The molecule has 1 N–H and O–H groups in total. The molecule has 1 aromatic rings. The summed E-state index contributed by atoms with van der Waals surface area (Å²) >= 11 is 0. The van der Waals surface area contributed by atoms with Crippen LogP contribution in [0.25, 0.3) is 0 Å². The second-order valence-corrected chi connectivity index (χ2v) is 4.72. The van der Waals surface area contributed by atoms with E-state index in [1.807, 2.05) is 13.8 Å². The molecule has 3 nitrogen and oxygen atoms in total. The normalized spacial score (nSPS) is 9.57. The zero-order valence-electron chi connectivity index (χ0n) is 13.5. The maximum Gasteiger partial charge on any atom is 0.221 e. The Bertz CT molecular complexity index is 458. The fraction of sp³-hybridized carbons (Fsp3) is 0.529. The topological polar surface area (TPSA) is 46.2 Å². The van der Waals surface area contributed by atoms with Crippen molar-refractivity contribution in [3.63, 3.8) is 0 Å². The minimum atomic E-state index is -0.357. The number of ketones is 1. The fourth-order valence-electron chi connectivity index (χ4n) is 1.93. The molecule has 0 fully saturated rings. The maximum absolute atomic E-state index is 14.0. The Morgan fingerprint density at radius 3 is 2.33 bits per heavy atom. The van der Waals surface area contributed by atoms with Gasteiger partial charge in [0.05, 0.1) is 5.69 Å². The van der Waals surface area contributed by atoms with Gasteiger partial charge < -0.3 is 10.1 Å². The van der Waals surface area contributed by atoms with Gasteiger partial charge >= 0.3 is 0 Å². The van der Waals surface area contributed by atoms with Crippen molar-refractivity contribution in [3.8, 4) is 0 Å². The number of unbranched alkanes of at least 4 members (excludes halogenated alkanes) is 2. The fourth-order valence-corrected chi connectivity index (χ4v) is 1.93. The third-order valence-electron chi connectivity index (χ3n) is 2.86. The number of amides is 1. The molecule has 1 rings (SSSR count). The number of hydrogen-bond donors (Lipinski definition) is 1. The highest BCUT2D eigenvalue weighted by atomic mass is 19.1. The lowest BCUT2D eigenvalue weighted by Gasteiger charge is -2.08. The first kappa shape index (κ1) is 19.3. The van der Waals surface area contributed by atoms with E-state index in [9.17, 15) is 14.0 Å². The van der Waals surface area contributed by atoms with Crippen molar-refractivity contribution in [3.05, 3.63) is 29.6 Å². The molecule has 0 saturated heterocycles. The van der Waals surface area contributed by atoms with Crippen LogP contribution in [0.4, 0.5) is 10.1 Å². The van der Waals surface area contributed by atoms with E-state index in [-0.39, 0.29) is 23.2 Å². The molecular formula is C17H26FNO2. The predicted molar refractivity (Wildman–Crippen MR) is 84.9 cm³/mol. The molecule has 0 aromatic heterocycles. The quantitative estimate of drug-likeness (QED) is 0.753. The lowest BCUT2D eigenvalue weighted by molar-refractivity contribution is -0.117. The van der Waals surface area contributed by atoms with Crippen LogP contribution >= 0.6 is 0 Å². The molecule has 0 radical (unpaired) electrons. The summed E-state index contributed by atoms with van der Waals surface area (Å²) in [4.78, 5) is 21.7. The molecule has 0 atom stereocenters. The van der Waals surface area contributed by atoms with Crippen molar-refractivity contribution in [2.75, 3.05) is 5.32 Å². The highest BCUT2D eigenvalue weighted by Crippen LogP contribution is 2.20. The smallest absolute Gasteiger partial charge is 0.221 e. The first-order chi connectivity index (χ1) is 10.0. The molecule has 0 aliphatic heterocycles. The van der Waals surface area contributed by atoms with E-state index in [2.05, 4.69) is 5.32 Å². The third kappa shape index (κ3) is 8.23. The molecule has 4 heteroatoms. The van der Waals surface area contributed by atoms with Crippen molar-refractivity contribution < 1.29 is 14.0 Å². The first-order valence-electron chi connectivity index (χ1n) is 7.55. The molecular weight excluding hydrogens is 269 g/mol. The van der Waals surface area contributed by atoms with Crippen LogP contribution in [0.1, 0.15) is 58.9 Å². The van der Waals surface area contributed by atoms with Crippen molar-refractivity contribution in [1.82, 2.24) is 0 Å². The first-order valence-corrected chi connectivity index (χ1v) is 7.55. The molecule has 0 heterocycles. The van der Waals surface area contributed by atoms with Crippen molar-refractivity contribution in [2.24, 2.45) is 0 Å². The number of carbonyl (C=O) groups excluding carboxylic acids is 2. The van der Waals surface area contributed by atoms with E-state index in [0.29, 0.717) is 18.4 Å². The van der Waals surface area contributed by atoms with Crippen molar-refractivity contribution in [2.45, 2.75) is 59.8 Å².